The SMILES string of the molecule is O=C(O)Cc1ccccc1OCc1c2cc(Br)ccc2nn1C1CCNC1. The van der Waals surface area contributed by atoms with E-state index in [2.05, 4.69) is 32.0 Å². The quantitative estimate of drug-likeness (QED) is 0.626. The average Bonchev–Trinajstić information content (AvgIpc) is 3.28. The number of rotatable bonds is 6. The molecule has 1 aromatic heterocycles. The first-order chi connectivity index (χ1) is 13.1. The van der Waals surface area contributed by atoms with Crippen molar-refractivity contribution >= 4 is 32.8 Å². The Labute approximate surface area is 165 Å². The van der Waals surface area contributed by atoms with Crippen LogP contribution in [-0.4, -0.2) is 33.9 Å². The number of nitrogens with one attached hydrogen (secondary N) is 1. The summed E-state index contributed by atoms with van der Waals surface area (Å²) in [5.74, 6) is -0.275. The summed E-state index contributed by atoms with van der Waals surface area (Å²) < 4.78 is 9.13. The topological polar surface area (TPSA) is 76.4 Å². The fraction of sp³-hybridized carbons (Fsp3) is 0.300. The molecule has 4 rings (SSSR count). The molecule has 1 fully saturated rings. The number of nitrogens with zero attached hydrogens (tertiary/aromatic N) is 2. The van der Waals surface area contributed by atoms with Gasteiger partial charge in [0.1, 0.15) is 12.4 Å². The smallest absolute Gasteiger partial charge is 0.307 e. The standard InChI is InChI=1S/C20H20BrN3O3/c21-14-5-6-17-16(10-14)18(24(23-17)15-7-8-22-11-15)12-27-19-4-2-1-3-13(19)9-20(25)26/h1-6,10,15,22H,7-9,11-12H2,(H,25,26). The fourth-order valence-corrected chi connectivity index (χ4v) is 3.88. The maximum absolute atomic E-state index is 11.1. The van der Waals surface area contributed by atoms with E-state index < -0.39 is 5.97 Å². The minimum Gasteiger partial charge on any atom is -0.487 e. The van der Waals surface area contributed by atoms with Crippen LogP contribution >= 0.6 is 15.9 Å². The van der Waals surface area contributed by atoms with Crippen molar-refractivity contribution in [2.24, 2.45) is 0 Å². The van der Waals surface area contributed by atoms with Gasteiger partial charge in [-0.05, 0) is 37.2 Å². The third kappa shape index (κ3) is 3.84. The van der Waals surface area contributed by atoms with Gasteiger partial charge in [0.05, 0.1) is 23.7 Å². The molecule has 2 N–H and O–H groups in total. The highest BCUT2D eigenvalue weighted by Crippen LogP contribution is 2.29. The Balaban J connectivity index is 1.68. The average molecular weight is 430 g/mol. The highest BCUT2D eigenvalue weighted by atomic mass is 79.9. The minimum absolute atomic E-state index is 0.0612. The Morgan fingerprint density at radius 1 is 1.33 bits per heavy atom. The molecule has 0 saturated carbocycles. The third-order valence-electron chi connectivity index (χ3n) is 4.82. The number of ether oxygens (including phenoxy) is 1. The van der Waals surface area contributed by atoms with E-state index in [1.807, 2.05) is 30.3 Å². The van der Waals surface area contributed by atoms with E-state index in [9.17, 15) is 4.79 Å². The molecule has 1 aliphatic heterocycles. The highest BCUT2D eigenvalue weighted by molar-refractivity contribution is 9.10. The molecular weight excluding hydrogens is 410 g/mol. The summed E-state index contributed by atoms with van der Waals surface area (Å²) in [5, 5.41) is 18.4. The molecule has 140 valence electrons. The molecule has 0 spiro atoms. The minimum atomic E-state index is -0.873. The number of carboxylic acid groups (broad SMARTS) is 1. The highest BCUT2D eigenvalue weighted by Gasteiger charge is 2.23. The van der Waals surface area contributed by atoms with Crippen LogP contribution in [0.3, 0.4) is 0 Å². The first-order valence-electron chi connectivity index (χ1n) is 8.91. The van der Waals surface area contributed by atoms with Crippen molar-refractivity contribution in [2.45, 2.75) is 25.5 Å². The van der Waals surface area contributed by atoms with Gasteiger partial charge in [-0.3, -0.25) is 9.48 Å². The lowest BCUT2D eigenvalue weighted by Crippen LogP contribution is -2.18. The van der Waals surface area contributed by atoms with Crippen LogP contribution in [0.2, 0.25) is 0 Å². The number of para-hydroxylation sites is 1. The second kappa shape index (κ2) is 7.70. The van der Waals surface area contributed by atoms with Crippen LogP contribution in [0.4, 0.5) is 0 Å². The Morgan fingerprint density at radius 3 is 2.96 bits per heavy atom. The van der Waals surface area contributed by atoms with Gasteiger partial charge < -0.3 is 15.2 Å². The normalized spacial score (nSPS) is 16.7. The Kier molecular flexibility index (Phi) is 5.13. The lowest BCUT2D eigenvalue weighted by molar-refractivity contribution is -0.136. The van der Waals surface area contributed by atoms with Crippen LogP contribution in [0.25, 0.3) is 10.9 Å². The Bertz CT molecular complexity index is 980. The number of carboxylic acids is 1. The molecule has 3 aromatic rings. The van der Waals surface area contributed by atoms with Crippen molar-refractivity contribution in [2.75, 3.05) is 13.1 Å². The molecule has 0 amide bonds. The zero-order valence-electron chi connectivity index (χ0n) is 14.7. The first-order valence-corrected chi connectivity index (χ1v) is 9.71. The second-order valence-corrected chi connectivity index (χ2v) is 7.58. The van der Waals surface area contributed by atoms with Crippen molar-refractivity contribution in [1.82, 2.24) is 15.1 Å². The predicted octanol–water partition coefficient (Wildman–Crippen LogP) is 3.54. The summed E-state index contributed by atoms with van der Waals surface area (Å²) in [4.78, 5) is 11.1. The predicted molar refractivity (Wildman–Crippen MR) is 106 cm³/mol. The van der Waals surface area contributed by atoms with Crippen molar-refractivity contribution in [3.05, 3.63) is 58.2 Å². The molecule has 1 unspecified atom stereocenters. The first kappa shape index (κ1) is 18.0. The molecule has 27 heavy (non-hydrogen) atoms. The maximum atomic E-state index is 11.1. The number of aromatic nitrogens is 2. The summed E-state index contributed by atoms with van der Waals surface area (Å²) >= 11 is 3.54. The van der Waals surface area contributed by atoms with Crippen LogP contribution in [-0.2, 0) is 17.8 Å². The van der Waals surface area contributed by atoms with Crippen molar-refractivity contribution in [3.63, 3.8) is 0 Å². The van der Waals surface area contributed by atoms with Crippen LogP contribution < -0.4 is 10.1 Å². The molecule has 1 aliphatic rings. The van der Waals surface area contributed by atoms with Crippen molar-refractivity contribution in [3.8, 4) is 5.75 Å². The van der Waals surface area contributed by atoms with Crippen molar-refractivity contribution < 1.29 is 14.6 Å². The molecule has 7 heteroatoms. The zero-order chi connectivity index (χ0) is 18.8. The van der Waals surface area contributed by atoms with E-state index in [4.69, 9.17) is 14.9 Å². The number of hydrogen-bond acceptors (Lipinski definition) is 4. The van der Waals surface area contributed by atoms with E-state index in [0.717, 1.165) is 40.6 Å². The number of hydrogen-bond donors (Lipinski definition) is 2. The third-order valence-corrected chi connectivity index (χ3v) is 5.31. The molecule has 0 radical (unpaired) electrons. The van der Waals surface area contributed by atoms with Crippen LogP contribution in [0.5, 0.6) is 5.75 Å². The monoisotopic (exact) mass is 429 g/mol. The molecular formula is C20H20BrN3O3. The summed E-state index contributed by atoms with van der Waals surface area (Å²) in [6.07, 6.45) is 0.964. The number of halogens is 1. The summed E-state index contributed by atoms with van der Waals surface area (Å²) in [6, 6.07) is 13.6. The summed E-state index contributed by atoms with van der Waals surface area (Å²) in [6.45, 7) is 2.20. The van der Waals surface area contributed by atoms with E-state index >= 15 is 0 Å². The zero-order valence-corrected chi connectivity index (χ0v) is 16.3. The van der Waals surface area contributed by atoms with E-state index in [1.165, 1.54) is 0 Å². The van der Waals surface area contributed by atoms with Crippen LogP contribution in [0.15, 0.2) is 46.9 Å². The number of fused-ring (bicyclic) bond motifs is 1. The van der Waals surface area contributed by atoms with Gasteiger partial charge >= 0.3 is 5.97 Å². The molecule has 2 heterocycles. The molecule has 2 aromatic carbocycles. The molecule has 6 nitrogen and oxygen atoms in total. The summed E-state index contributed by atoms with van der Waals surface area (Å²) in [5.41, 5.74) is 2.61. The Hall–Kier alpha value is -2.38. The summed E-state index contributed by atoms with van der Waals surface area (Å²) in [7, 11) is 0. The number of carbonyl (C=O) groups is 1. The van der Waals surface area contributed by atoms with E-state index in [-0.39, 0.29) is 6.42 Å². The second-order valence-electron chi connectivity index (χ2n) is 6.67. The van der Waals surface area contributed by atoms with Gasteiger partial charge in [0.2, 0.25) is 0 Å². The Morgan fingerprint density at radius 2 is 2.19 bits per heavy atom. The van der Waals surface area contributed by atoms with Gasteiger partial charge in [-0.25, -0.2) is 0 Å². The van der Waals surface area contributed by atoms with Gasteiger partial charge in [-0.1, -0.05) is 34.1 Å². The van der Waals surface area contributed by atoms with Crippen LogP contribution in [0.1, 0.15) is 23.7 Å². The maximum Gasteiger partial charge on any atom is 0.307 e. The van der Waals surface area contributed by atoms with Crippen molar-refractivity contribution in [1.29, 1.82) is 0 Å². The van der Waals surface area contributed by atoms with Gasteiger partial charge in [0, 0.05) is 22.0 Å². The van der Waals surface area contributed by atoms with Gasteiger partial charge in [-0.15, -0.1) is 0 Å². The number of benzene rings is 2. The molecule has 0 aliphatic carbocycles. The largest absolute Gasteiger partial charge is 0.487 e. The molecule has 1 saturated heterocycles. The van der Waals surface area contributed by atoms with Gasteiger partial charge in [0.15, 0.2) is 0 Å². The number of aliphatic carboxylic acids is 1. The van der Waals surface area contributed by atoms with Crippen LogP contribution in [0, 0.1) is 0 Å². The van der Waals surface area contributed by atoms with E-state index in [1.54, 1.807) is 6.07 Å². The van der Waals surface area contributed by atoms with E-state index in [0.29, 0.717) is 24.0 Å². The molecule has 1 atom stereocenters. The molecule has 0 bridgehead atoms. The lowest BCUT2D eigenvalue weighted by atomic mass is 10.1. The lowest BCUT2D eigenvalue weighted by Gasteiger charge is -2.15. The van der Waals surface area contributed by atoms with Gasteiger partial charge in [-0.2, -0.15) is 5.10 Å². The van der Waals surface area contributed by atoms with Gasteiger partial charge in [0.25, 0.3) is 0 Å². The fourth-order valence-electron chi connectivity index (χ4n) is 3.52.